The summed E-state index contributed by atoms with van der Waals surface area (Å²) < 4.78 is 0. The number of hydrogen-bond donors (Lipinski definition) is 0. The maximum absolute atomic E-state index is 4.35. The van der Waals surface area contributed by atoms with Crippen LogP contribution in [0.15, 0.2) is 12.4 Å². The highest BCUT2D eigenvalue weighted by atomic mass is 14.8. The smallest absolute Gasteiger partial charge is 0.0587 e. The standard InChI is InChI=1S/C8H12N2/c1-3-7-5-9-6-8(4-2)10-7/h5-6H,3-4H2,1-2H3. The van der Waals surface area contributed by atoms with Gasteiger partial charge in [-0.15, -0.1) is 0 Å². The van der Waals surface area contributed by atoms with Gasteiger partial charge < -0.3 is 0 Å². The van der Waals surface area contributed by atoms with E-state index in [0.717, 1.165) is 24.2 Å². The third kappa shape index (κ3) is 1.53. The van der Waals surface area contributed by atoms with Gasteiger partial charge in [0, 0.05) is 12.4 Å². The van der Waals surface area contributed by atoms with Crippen LogP contribution in [0.5, 0.6) is 0 Å². The van der Waals surface area contributed by atoms with Crippen molar-refractivity contribution < 1.29 is 0 Å². The normalized spacial score (nSPS) is 9.80. The minimum Gasteiger partial charge on any atom is -0.261 e. The average Bonchev–Trinajstić information content (AvgIpc) is 2.05. The van der Waals surface area contributed by atoms with E-state index in [1.165, 1.54) is 0 Å². The molecule has 0 atom stereocenters. The van der Waals surface area contributed by atoms with Crippen LogP contribution in [0.1, 0.15) is 25.2 Å². The van der Waals surface area contributed by atoms with Crippen LogP contribution in [0.2, 0.25) is 0 Å². The first kappa shape index (κ1) is 7.19. The van der Waals surface area contributed by atoms with Gasteiger partial charge in [0.2, 0.25) is 0 Å². The molecule has 54 valence electrons. The van der Waals surface area contributed by atoms with Crippen molar-refractivity contribution in [2.75, 3.05) is 0 Å². The van der Waals surface area contributed by atoms with E-state index in [0.29, 0.717) is 0 Å². The zero-order chi connectivity index (χ0) is 7.40. The summed E-state index contributed by atoms with van der Waals surface area (Å²) in [7, 11) is 0. The molecule has 0 fully saturated rings. The van der Waals surface area contributed by atoms with E-state index in [1.807, 2.05) is 12.4 Å². The number of hydrogen-bond acceptors (Lipinski definition) is 2. The second kappa shape index (κ2) is 3.30. The van der Waals surface area contributed by atoms with Crippen molar-refractivity contribution in [2.24, 2.45) is 0 Å². The third-order valence-corrected chi connectivity index (χ3v) is 1.46. The Morgan fingerprint density at radius 3 is 2.00 bits per heavy atom. The predicted molar refractivity (Wildman–Crippen MR) is 40.8 cm³/mol. The van der Waals surface area contributed by atoms with Gasteiger partial charge >= 0.3 is 0 Å². The number of rotatable bonds is 2. The summed E-state index contributed by atoms with van der Waals surface area (Å²) in [5.74, 6) is 0. The van der Waals surface area contributed by atoms with Crippen LogP contribution in [0.25, 0.3) is 0 Å². The van der Waals surface area contributed by atoms with Crippen LogP contribution in [0.3, 0.4) is 0 Å². The van der Waals surface area contributed by atoms with E-state index in [4.69, 9.17) is 0 Å². The zero-order valence-electron chi connectivity index (χ0n) is 6.46. The first-order valence-corrected chi connectivity index (χ1v) is 3.66. The number of aryl methyl sites for hydroxylation is 2. The Morgan fingerprint density at radius 1 is 1.10 bits per heavy atom. The minimum atomic E-state index is 0.973. The lowest BCUT2D eigenvalue weighted by Crippen LogP contribution is -1.93. The molecule has 0 amide bonds. The van der Waals surface area contributed by atoms with Gasteiger partial charge in [-0.2, -0.15) is 0 Å². The van der Waals surface area contributed by atoms with E-state index < -0.39 is 0 Å². The molecule has 0 spiro atoms. The summed E-state index contributed by atoms with van der Waals surface area (Å²) in [4.78, 5) is 8.41. The van der Waals surface area contributed by atoms with Crippen molar-refractivity contribution in [3.05, 3.63) is 23.8 Å². The Labute approximate surface area is 61.3 Å². The van der Waals surface area contributed by atoms with Gasteiger partial charge in [-0.25, -0.2) is 0 Å². The summed E-state index contributed by atoms with van der Waals surface area (Å²) >= 11 is 0. The zero-order valence-corrected chi connectivity index (χ0v) is 6.46. The van der Waals surface area contributed by atoms with Crippen molar-refractivity contribution in [1.82, 2.24) is 9.97 Å². The van der Waals surface area contributed by atoms with Gasteiger partial charge in [0.05, 0.1) is 11.4 Å². The maximum atomic E-state index is 4.35. The lowest BCUT2D eigenvalue weighted by molar-refractivity contribution is 0.921. The van der Waals surface area contributed by atoms with Crippen molar-refractivity contribution in [3.63, 3.8) is 0 Å². The highest BCUT2D eigenvalue weighted by Crippen LogP contribution is 1.96. The molecule has 2 nitrogen and oxygen atoms in total. The van der Waals surface area contributed by atoms with Gasteiger partial charge in [0.15, 0.2) is 0 Å². The van der Waals surface area contributed by atoms with Crippen LogP contribution in [0.4, 0.5) is 0 Å². The summed E-state index contributed by atoms with van der Waals surface area (Å²) in [5.41, 5.74) is 2.17. The summed E-state index contributed by atoms with van der Waals surface area (Å²) in [6.45, 7) is 4.17. The molecule has 0 aliphatic carbocycles. The highest BCUT2D eigenvalue weighted by Gasteiger charge is 1.92. The topological polar surface area (TPSA) is 25.8 Å². The Balaban J connectivity index is 2.87. The molecule has 0 aliphatic heterocycles. The van der Waals surface area contributed by atoms with E-state index in [2.05, 4.69) is 23.8 Å². The fraction of sp³-hybridized carbons (Fsp3) is 0.500. The summed E-state index contributed by atoms with van der Waals surface area (Å²) in [6, 6.07) is 0. The third-order valence-electron chi connectivity index (χ3n) is 1.46. The highest BCUT2D eigenvalue weighted by molar-refractivity contribution is 5.02. The van der Waals surface area contributed by atoms with E-state index in [9.17, 15) is 0 Å². The Bertz CT molecular complexity index is 189. The summed E-state index contributed by atoms with van der Waals surface area (Å²) in [6.07, 6.45) is 5.58. The molecular weight excluding hydrogens is 124 g/mol. The molecule has 0 aliphatic rings. The monoisotopic (exact) mass is 136 g/mol. The van der Waals surface area contributed by atoms with E-state index in [1.54, 1.807) is 0 Å². The van der Waals surface area contributed by atoms with Gasteiger partial charge in [-0.3, -0.25) is 9.97 Å². The van der Waals surface area contributed by atoms with E-state index >= 15 is 0 Å². The molecule has 0 saturated heterocycles. The Morgan fingerprint density at radius 2 is 1.60 bits per heavy atom. The van der Waals surface area contributed by atoms with Crippen molar-refractivity contribution in [1.29, 1.82) is 0 Å². The molecule has 1 aromatic heterocycles. The van der Waals surface area contributed by atoms with Crippen LogP contribution in [0, 0.1) is 0 Å². The molecule has 0 aromatic carbocycles. The van der Waals surface area contributed by atoms with Crippen LogP contribution < -0.4 is 0 Å². The van der Waals surface area contributed by atoms with Crippen molar-refractivity contribution in [2.45, 2.75) is 26.7 Å². The molecule has 2 heteroatoms. The largest absolute Gasteiger partial charge is 0.261 e. The van der Waals surface area contributed by atoms with E-state index in [-0.39, 0.29) is 0 Å². The van der Waals surface area contributed by atoms with Gasteiger partial charge in [0.1, 0.15) is 0 Å². The van der Waals surface area contributed by atoms with Crippen LogP contribution in [-0.2, 0) is 12.8 Å². The first-order chi connectivity index (χ1) is 4.86. The van der Waals surface area contributed by atoms with Crippen molar-refractivity contribution >= 4 is 0 Å². The Kier molecular flexibility index (Phi) is 2.37. The lowest BCUT2D eigenvalue weighted by atomic mass is 10.3. The molecule has 0 radical (unpaired) electrons. The quantitative estimate of drug-likeness (QED) is 0.617. The maximum Gasteiger partial charge on any atom is 0.0587 e. The second-order valence-electron chi connectivity index (χ2n) is 2.21. The predicted octanol–water partition coefficient (Wildman–Crippen LogP) is 1.60. The molecule has 1 aromatic rings. The second-order valence-corrected chi connectivity index (χ2v) is 2.21. The molecule has 0 saturated carbocycles. The summed E-state index contributed by atoms with van der Waals surface area (Å²) in [5, 5.41) is 0. The number of aromatic nitrogens is 2. The molecule has 0 N–H and O–H groups in total. The molecule has 0 unspecified atom stereocenters. The number of nitrogens with zero attached hydrogens (tertiary/aromatic N) is 2. The molecular formula is C8H12N2. The first-order valence-electron chi connectivity index (χ1n) is 3.66. The fourth-order valence-corrected chi connectivity index (χ4v) is 0.792. The SMILES string of the molecule is CCc1cncc(CC)n1. The molecule has 0 bridgehead atoms. The van der Waals surface area contributed by atoms with Crippen molar-refractivity contribution in [3.8, 4) is 0 Å². The van der Waals surface area contributed by atoms with Gasteiger partial charge in [-0.1, -0.05) is 13.8 Å². The van der Waals surface area contributed by atoms with Crippen LogP contribution >= 0.6 is 0 Å². The average molecular weight is 136 g/mol. The lowest BCUT2D eigenvalue weighted by Gasteiger charge is -1.96. The minimum absolute atomic E-state index is 0.973. The molecule has 1 rings (SSSR count). The van der Waals surface area contributed by atoms with Gasteiger partial charge in [0.25, 0.3) is 0 Å². The van der Waals surface area contributed by atoms with Gasteiger partial charge in [-0.05, 0) is 12.8 Å². The Hall–Kier alpha value is -0.920. The molecule has 10 heavy (non-hydrogen) atoms. The fourth-order valence-electron chi connectivity index (χ4n) is 0.792. The molecule has 1 heterocycles. The van der Waals surface area contributed by atoms with Crippen LogP contribution in [-0.4, -0.2) is 9.97 Å².